The third kappa shape index (κ3) is 4.31. The van der Waals surface area contributed by atoms with E-state index in [0.717, 1.165) is 12.8 Å². The maximum Gasteiger partial charge on any atom is 0.303 e. The summed E-state index contributed by atoms with van der Waals surface area (Å²) in [5.74, 6) is -0.881. The van der Waals surface area contributed by atoms with Crippen LogP contribution in [0.3, 0.4) is 0 Å². The number of carbonyl (C=O) groups excluding carboxylic acids is 1. The molecule has 0 saturated carbocycles. The van der Waals surface area contributed by atoms with E-state index >= 15 is 0 Å². The Bertz CT molecular complexity index is 644. The minimum absolute atomic E-state index is 0.0252. The Balaban J connectivity index is 2.11. The Kier molecular flexibility index (Phi) is 5.89. The van der Waals surface area contributed by atoms with Crippen molar-refractivity contribution in [2.24, 2.45) is 5.92 Å². The third-order valence-electron chi connectivity index (χ3n) is 4.48. The predicted octanol–water partition coefficient (Wildman–Crippen LogP) is 2.87. The zero-order valence-corrected chi connectivity index (χ0v) is 13.7. The molecular formula is C17H22N2O5. The average molecular weight is 334 g/mol. The number of nitrogens with zero attached hydrogens (tertiary/aromatic N) is 2. The van der Waals surface area contributed by atoms with Gasteiger partial charge in [0.1, 0.15) is 0 Å². The Hall–Kier alpha value is -2.44. The molecule has 1 aromatic rings. The monoisotopic (exact) mass is 334 g/mol. The van der Waals surface area contributed by atoms with E-state index in [0.29, 0.717) is 37.1 Å². The van der Waals surface area contributed by atoms with Gasteiger partial charge in [-0.1, -0.05) is 13.0 Å². The summed E-state index contributed by atoms with van der Waals surface area (Å²) in [4.78, 5) is 35.7. The maximum atomic E-state index is 12.6. The highest BCUT2D eigenvalue weighted by Crippen LogP contribution is 2.25. The minimum Gasteiger partial charge on any atom is -0.481 e. The van der Waals surface area contributed by atoms with Gasteiger partial charge in [0.15, 0.2) is 0 Å². The van der Waals surface area contributed by atoms with Crippen molar-refractivity contribution in [2.45, 2.75) is 39.0 Å². The molecule has 24 heavy (non-hydrogen) atoms. The number of carbonyl (C=O) groups is 2. The molecule has 1 N–H and O–H groups in total. The molecule has 130 valence electrons. The molecule has 1 aliphatic rings. The predicted molar refractivity (Wildman–Crippen MR) is 88.0 cm³/mol. The number of benzene rings is 1. The van der Waals surface area contributed by atoms with Gasteiger partial charge in [0.2, 0.25) is 0 Å². The lowest BCUT2D eigenvalue weighted by atomic mass is 9.93. The molecule has 2 rings (SSSR count). The van der Waals surface area contributed by atoms with Crippen LogP contribution in [0.5, 0.6) is 0 Å². The smallest absolute Gasteiger partial charge is 0.303 e. The molecule has 1 aromatic carbocycles. The lowest BCUT2D eigenvalue weighted by molar-refractivity contribution is -0.385. The summed E-state index contributed by atoms with van der Waals surface area (Å²) in [6, 6.07) is 4.62. The number of hydrogen-bond donors (Lipinski definition) is 1. The van der Waals surface area contributed by atoms with Crippen molar-refractivity contribution in [3.8, 4) is 0 Å². The third-order valence-corrected chi connectivity index (χ3v) is 4.48. The van der Waals surface area contributed by atoms with Crippen LogP contribution in [0.25, 0.3) is 0 Å². The first-order valence-corrected chi connectivity index (χ1v) is 8.20. The van der Waals surface area contributed by atoms with Crippen molar-refractivity contribution in [3.05, 3.63) is 39.4 Å². The quantitative estimate of drug-likeness (QED) is 0.637. The second-order valence-electron chi connectivity index (χ2n) is 6.15. The van der Waals surface area contributed by atoms with Gasteiger partial charge >= 0.3 is 5.97 Å². The summed E-state index contributed by atoms with van der Waals surface area (Å²) in [7, 11) is 0. The highest BCUT2D eigenvalue weighted by molar-refractivity contribution is 5.95. The van der Waals surface area contributed by atoms with Crippen molar-refractivity contribution >= 4 is 17.6 Å². The number of amides is 1. The number of carboxylic acids is 1. The number of nitro benzene ring substituents is 1. The molecule has 1 heterocycles. The molecule has 1 unspecified atom stereocenters. The number of aryl methyl sites for hydroxylation is 1. The molecule has 0 bridgehead atoms. The van der Waals surface area contributed by atoms with Gasteiger partial charge in [-0.05, 0) is 37.7 Å². The zero-order chi connectivity index (χ0) is 17.7. The summed E-state index contributed by atoms with van der Waals surface area (Å²) in [5, 5.41) is 19.9. The second-order valence-corrected chi connectivity index (χ2v) is 6.15. The molecule has 0 aromatic heterocycles. The molecule has 1 fully saturated rings. The largest absolute Gasteiger partial charge is 0.481 e. The molecule has 0 spiro atoms. The fourth-order valence-corrected chi connectivity index (χ4v) is 3.16. The van der Waals surface area contributed by atoms with Crippen molar-refractivity contribution < 1.29 is 19.6 Å². The molecule has 1 aliphatic heterocycles. The van der Waals surface area contributed by atoms with Crippen LogP contribution in [-0.4, -0.2) is 39.9 Å². The fourth-order valence-electron chi connectivity index (χ4n) is 3.16. The van der Waals surface area contributed by atoms with Crippen molar-refractivity contribution in [1.82, 2.24) is 4.90 Å². The van der Waals surface area contributed by atoms with E-state index < -0.39 is 10.9 Å². The van der Waals surface area contributed by atoms with E-state index in [1.165, 1.54) is 6.07 Å². The first-order valence-electron chi connectivity index (χ1n) is 8.20. The van der Waals surface area contributed by atoms with E-state index in [9.17, 15) is 19.7 Å². The van der Waals surface area contributed by atoms with Crippen LogP contribution in [0.4, 0.5) is 5.69 Å². The van der Waals surface area contributed by atoms with Crippen molar-refractivity contribution in [2.75, 3.05) is 13.1 Å². The van der Waals surface area contributed by atoms with E-state index in [-0.39, 0.29) is 23.9 Å². The minimum atomic E-state index is -0.829. The lowest BCUT2D eigenvalue weighted by Gasteiger charge is -2.32. The first-order chi connectivity index (χ1) is 11.4. The molecule has 1 amide bonds. The lowest BCUT2D eigenvalue weighted by Crippen LogP contribution is -2.40. The Morgan fingerprint density at radius 2 is 2.17 bits per heavy atom. The molecule has 1 atom stereocenters. The summed E-state index contributed by atoms with van der Waals surface area (Å²) < 4.78 is 0. The van der Waals surface area contributed by atoms with Gasteiger partial charge in [0, 0.05) is 36.7 Å². The van der Waals surface area contributed by atoms with Gasteiger partial charge in [-0.15, -0.1) is 0 Å². The number of nitro groups is 1. The highest BCUT2D eigenvalue weighted by Gasteiger charge is 2.26. The number of aliphatic carboxylic acids is 1. The molecule has 7 nitrogen and oxygen atoms in total. The topological polar surface area (TPSA) is 101 Å². The first kappa shape index (κ1) is 17.9. The van der Waals surface area contributed by atoms with E-state index in [4.69, 9.17) is 5.11 Å². The van der Waals surface area contributed by atoms with Crippen LogP contribution in [-0.2, 0) is 11.2 Å². The van der Waals surface area contributed by atoms with E-state index in [1.54, 1.807) is 17.0 Å². The van der Waals surface area contributed by atoms with Gasteiger partial charge in [-0.25, -0.2) is 0 Å². The Morgan fingerprint density at radius 3 is 2.79 bits per heavy atom. The van der Waals surface area contributed by atoms with Gasteiger partial charge in [-0.3, -0.25) is 19.7 Å². The summed E-state index contributed by atoms with van der Waals surface area (Å²) in [5.41, 5.74) is 0.898. The zero-order valence-electron chi connectivity index (χ0n) is 13.7. The molecular weight excluding hydrogens is 312 g/mol. The second kappa shape index (κ2) is 7.90. The molecule has 1 saturated heterocycles. The van der Waals surface area contributed by atoms with Gasteiger partial charge in [0.25, 0.3) is 11.6 Å². The normalized spacial score (nSPS) is 17.5. The van der Waals surface area contributed by atoms with Gasteiger partial charge < -0.3 is 10.0 Å². The van der Waals surface area contributed by atoms with E-state index in [1.807, 2.05) is 6.92 Å². The number of rotatable bonds is 6. The number of carboxylic acid groups (broad SMARTS) is 1. The SMILES string of the molecule is CCc1ccc(C(=O)N2CCCC(CCC(=O)O)C2)cc1[N+](=O)[O-]. The summed E-state index contributed by atoms with van der Waals surface area (Å²) in [6.07, 6.45) is 2.92. The van der Waals surface area contributed by atoms with Gasteiger partial charge in [-0.2, -0.15) is 0 Å². The average Bonchev–Trinajstić information content (AvgIpc) is 2.58. The standard InChI is InChI=1S/C17H22N2O5/c1-2-13-6-7-14(10-15(13)19(23)24)17(22)18-9-3-4-12(11-18)5-8-16(20)21/h6-7,10,12H,2-5,8-9,11H2,1H3,(H,20,21). The number of piperidine rings is 1. The maximum absolute atomic E-state index is 12.6. The van der Waals surface area contributed by atoms with Crippen LogP contribution in [0, 0.1) is 16.0 Å². The van der Waals surface area contributed by atoms with Crippen LogP contribution >= 0.6 is 0 Å². The Morgan fingerprint density at radius 1 is 1.42 bits per heavy atom. The fraction of sp³-hybridized carbons (Fsp3) is 0.529. The van der Waals surface area contributed by atoms with Gasteiger partial charge in [0.05, 0.1) is 4.92 Å². The molecule has 0 radical (unpaired) electrons. The molecule has 7 heteroatoms. The van der Waals surface area contributed by atoms with Crippen LogP contribution in [0.1, 0.15) is 48.5 Å². The van der Waals surface area contributed by atoms with Crippen molar-refractivity contribution in [3.63, 3.8) is 0 Å². The Labute approximate surface area is 140 Å². The number of likely N-dealkylation sites (tertiary alicyclic amines) is 1. The summed E-state index contributed by atoms with van der Waals surface area (Å²) in [6.45, 7) is 2.95. The molecule has 0 aliphatic carbocycles. The number of hydrogen-bond acceptors (Lipinski definition) is 4. The van der Waals surface area contributed by atoms with E-state index in [2.05, 4.69) is 0 Å². The summed E-state index contributed by atoms with van der Waals surface area (Å²) >= 11 is 0. The highest BCUT2D eigenvalue weighted by atomic mass is 16.6. The van der Waals surface area contributed by atoms with Crippen LogP contribution < -0.4 is 0 Å². The van der Waals surface area contributed by atoms with Crippen LogP contribution in [0.15, 0.2) is 18.2 Å². The van der Waals surface area contributed by atoms with Crippen LogP contribution in [0.2, 0.25) is 0 Å². The van der Waals surface area contributed by atoms with Crippen molar-refractivity contribution in [1.29, 1.82) is 0 Å².